The number of hydrogen-bond donors (Lipinski definition) is 2. The van der Waals surface area contributed by atoms with Crippen LogP contribution in [0.1, 0.15) is 23.6 Å². The Morgan fingerprint density at radius 1 is 1.26 bits per heavy atom. The maximum absolute atomic E-state index is 12.5. The molecule has 0 aliphatic carbocycles. The SMILES string of the molecule is Cc1ccc(Nc2nc(N)nc(COC(=O)[C@H]3CC(=O)N(Cc4ccco4)C3)n2)cc1. The largest absolute Gasteiger partial charge is 0.467 e. The monoisotopic (exact) mass is 422 g/mol. The van der Waals surface area contributed by atoms with Gasteiger partial charge in [-0.05, 0) is 31.2 Å². The lowest BCUT2D eigenvalue weighted by Crippen LogP contribution is -2.26. The third kappa shape index (κ3) is 5.16. The summed E-state index contributed by atoms with van der Waals surface area (Å²) in [6.45, 7) is 2.42. The van der Waals surface area contributed by atoms with Crippen LogP contribution in [-0.4, -0.2) is 38.3 Å². The Labute approximate surface area is 178 Å². The number of furan rings is 1. The number of rotatable bonds is 7. The van der Waals surface area contributed by atoms with Gasteiger partial charge in [-0.1, -0.05) is 17.7 Å². The molecular formula is C21H22N6O4. The van der Waals surface area contributed by atoms with Crippen LogP contribution in [-0.2, 0) is 27.5 Å². The van der Waals surface area contributed by atoms with Crippen molar-refractivity contribution in [2.45, 2.75) is 26.5 Å². The lowest BCUT2D eigenvalue weighted by atomic mass is 10.1. The molecule has 3 N–H and O–H groups in total. The number of amides is 1. The molecule has 1 atom stereocenters. The van der Waals surface area contributed by atoms with Crippen LogP contribution in [0.3, 0.4) is 0 Å². The summed E-state index contributed by atoms with van der Waals surface area (Å²) in [4.78, 5) is 38.6. The van der Waals surface area contributed by atoms with Gasteiger partial charge in [0.15, 0.2) is 12.4 Å². The van der Waals surface area contributed by atoms with E-state index < -0.39 is 11.9 Å². The van der Waals surface area contributed by atoms with Gasteiger partial charge in [-0.2, -0.15) is 15.0 Å². The number of aryl methyl sites for hydroxylation is 1. The first kappa shape index (κ1) is 20.3. The molecule has 0 spiro atoms. The minimum absolute atomic E-state index is 0.0105. The fraction of sp³-hybridized carbons (Fsp3) is 0.286. The molecule has 0 radical (unpaired) electrons. The zero-order valence-corrected chi connectivity index (χ0v) is 16.9. The molecule has 1 amide bonds. The van der Waals surface area contributed by atoms with E-state index in [2.05, 4.69) is 20.3 Å². The van der Waals surface area contributed by atoms with E-state index in [4.69, 9.17) is 14.9 Å². The average molecular weight is 422 g/mol. The minimum atomic E-state index is -0.549. The number of ether oxygens (including phenoxy) is 1. The third-order valence-electron chi connectivity index (χ3n) is 4.82. The predicted octanol–water partition coefficient (Wildman–Crippen LogP) is 2.19. The van der Waals surface area contributed by atoms with Crippen LogP contribution in [0.5, 0.6) is 0 Å². The van der Waals surface area contributed by atoms with Crippen molar-refractivity contribution in [3.63, 3.8) is 0 Å². The van der Waals surface area contributed by atoms with Crippen molar-refractivity contribution < 1.29 is 18.7 Å². The number of nitrogen functional groups attached to an aromatic ring is 1. The molecular weight excluding hydrogens is 400 g/mol. The summed E-state index contributed by atoms with van der Waals surface area (Å²) in [6, 6.07) is 11.2. The first-order valence-electron chi connectivity index (χ1n) is 9.77. The number of aromatic nitrogens is 3. The highest BCUT2D eigenvalue weighted by Crippen LogP contribution is 2.22. The second-order valence-electron chi connectivity index (χ2n) is 7.29. The standard InChI is InChI=1S/C21H22N6O4/c1-13-4-6-15(7-5-13)23-21-25-17(24-20(22)26-21)12-31-19(29)14-9-18(28)27(10-14)11-16-3-2-8-30-16/h2-8,14H,9-12H2,1H3,(H3,22,23,24,25,26)/t14-/m0/s1. The van der Waals surface area contributed by atoms with E-state index in [1.54, 1.807) is 23.3 Å². The molecule has 31 heavy (non-hydrogen) atoms. The minimum Gasteiger partial charge on any atom is -0.467 e. The second kappa shape index (κ2) is 8.82. The first-order valence-corrected chi connectivity index (χ1v) is 9.77. The van der Waals surface area contributed by atoms with Crippen molar-refractivity contribution in [1.82, 2.24) is 19.9 Å². The van der Waals surface area contributed by atoms with E-state index >= 15 is 0 Å². The Morgan fingerprint density at radius 2 is 2.06 bits per heavy atom. The summed E-state index contributed by atoms with van der Waals surface area (Å²) >= 11 is 0. The number of likely N-dealkylation sites (tertiary alicyclic amines) is 1. The van der Waals surface area contributed by atoms with Crippen LogP contribution < -0.4 is 11.1 Å². The Morgan fingerprint density at radius 3 is 2.81 bits per heavy atom. The topological polar surface area (TPSA) is 136 Å². The normalized spacial score (nSPS) is 15.8. The summed E-state index contributed by atoms with van der Waals surface area (Å²) in [6.07, 6.45) is 1.64. The van der Waals surface area contributed by atoms with Crippen LogP contribution >= 0.6 is 0 Å². The summed E-state index contributed by atoms with van der Waals surface area (Å²) in [7, 11) is 0. The molecule has 1 saturated heterocycles. The number of nitrogens with one attached hydrogen (secondary N) is 1. The van der Waals surface area contributed by atoms with Crippen molar-refractivity contribution in [1.29, 1.82) is 0 Å². The lowest BCUT2D eigenvalue weighted by Gasteiger charge is -2.14. The molecule has 1 aliphatic heterocycles. The Balaban J connectivity index is 1.34. The number of esters is 1. The average Bonchev–Trinajstić information content (AvgIpc) is 3.38. The number of nitrogens with zero attached hydrogens (tertiary/aromatic N) is 4. The van der Waals surface area contributed by atoms with Crippen molar-refractivity contribution in [3.05, 3.63) is 59.8 Å². The molecule has 10 heteroatoms. The molecule has 3 aromatic rings. The lowest BCUT2D eigenvalue weighted by molar-refractivity contribution is -0.150. The fourth-order valence-electron chi connectivity index (χ4n) is 3.25. The molecule has 10 nitrogen and oxygen atoms in total. The van der Waals surface area contributed by atoms with Gasteiger partial charge in [0.25, 0.3) is 0 Å². The Hall–Kier alpha value is -3.95. The first-order chi connectivity index (χ1) is 15.0. The molecule has 4 rings (SSSR count). The molecule has 1 fully saturated rings. The summed E-state index contributed by atoms with van der Waals surface area (Å²) in [5.74, 6) is -0.00952. The molecule has 3 heterocycles. The quantitative estimate of drug-likeness (QED) is 0.549. The summed E-state index contributed by atoms with van der Waals surface area (Å²) in [5, 5.41) is 3.04. The van der Waals surface area contributed by atoms with Gasteiger partial charge in [-0.3, -0.25) is 9.59 Å². The molecule has 0 bridgehead atoms. The van der Waals surface area contributed by atoms with Gasteiger partial charge in [0, 0.05) is 18.7 Å². The maximum Gasteiger partial charge on any atom is 0.311 e. The van der Waals surface area contributed by atoms with Crippen molar-refractivity contribution in [2.24, 2.45) is 5.92 Å². The number of hydrogen-bond acceptors (Lipinski definition) is 9. The van der Waals surface area contributed by atoms with Gasteiger partial charge in [-0.15, -0.1) is 0 Å². The molecule has 1 aliphatic rings. The number of carbonyl (C=O) groups is 2. The highest BCUT2D eigenvalue weighted by atomic mass is 16.5. The Bertz CT molecular complexity index is 1070. The smallest absolute Gasteiger partial charge is 0.311 e. The Kier molecular flexibility index (Phi) is 5.78. The maximum atomic E-state index is 12.5. The number of carbonyl (C=O) groups excluding carboxylic acids is 2. The fourth-order valence-corrected chi connectivity index (χ4v) is 3.25. The van der Waals surface area contributed by atoms with Gasteiger partial charge in [-0.25, -0.2) is 0 Å². The highest BCUT2D eigenvalue weighted by molar-refractivity contribution is 5.86. The van der Waals surface area contributed by atoms with Crippen LogP contribution in [0.2, 0.25) is 0 Å². The zero-order valence-electron chi connectivity index (χ0n) is 16.9. The molecule has 160 valence electrons. The molecule has 0 unspecified atom stereocenters. The second-order valence-corrected chi connectivity index (χ2v) is 7.29. The third-order valence-corrected chi connectivity index (χ3v) is 4.82. The van der Waals surface area contributed by atoms with Crippen LogP contribution in [0.4, 0.5) is 17.6 Å². The number of nitrogens with two attached hydrogens (primary N) is 1. The van der Waals surface area contributed by atoms with Crippen molar-refractivity contribution in [3.8, 4) is 0 Å². The highest BCUT2D eigenvalue weighted by Gasteiger charge is 2.35. The number of benzene rings is 1. The molecule has 2 aromatic heterocycles. The molecule has 1 aromatic carbocycles. The zero-order chi connectivity index (χ0) is 21.8. The van der Waals surface area contributed by atoms with E-state index in [-0.39, 0.29) is 43.2 Å². The predicted molar refractivity (Wildman–Crippen MR) is 111 cm³/mol. The molecule has 0 saturated carbocycles. The van der Waals surface area contributed by atoms with E-state index in [1.165, 1.54) is 0 Å². The van der Waals surface area contributed by atoms with E-state index in [0.717, 1.165) is 11.3 Å². The van der Waals surface area contributed by atoms with Crippen molar-refractivity contribution in [2.75, 3.05) is 17.6 Å². The van der Waals surface area contributed by atoms with Gasteiger partial charge in [0.05, 0.1) is 18.7 Å². The summed E-state index contributed by atoms with van der Waals surface area (Å²) in [5.41, 5.74) is 7.68. The van der Waals surface area contributed by atoms with E-state index in [9.17, 15) is 9.59 Å². The number of anilines is 3. The van der Waals surface area contributed by atoms with E-state index in [1.807, 2.05) is 31.2 Å². The van der Waals surface area contributed by atoms with E-state index in [0.29, 0.717) is 12.3 Å². The van der Waals surface area contributed by atoms with Gasteiger partial charge >= 0.3 is 5.97 Å². The van der Waals surface area contributed by atoms with Crippen molar-refractivity contribution >= 4 is 29.5 Å². The van der Waals surface area contributed by atoms with Crippen LogP contribution in [0, 0.1) is 12.8 Å². The van der Waals surface area contributed by atoms with Crippen LogP contribution in [0.15, 0.2) is 47.1 Å². The van der Waals surface area contributed by atoms with Gasteiger partial charge < -0.3 is 25.1 Å². The summed E-state index contributed by atoms with van der Waals surface area (Å²) < 4.78 is 10.6. The van der Waals surface area contributed by atoms with Gasteiger partial charge in [0.2, 0.25) is 17.8 Å². The van der Waals surface area contributed by atoms with Crippen LogP contribution in [0.25, 0.3) is 0 Å². The van der Waals surface area contributed by atoms with Gasteiger partial charge in [0.1, 0.15) is 5.76 Å².